The third-order valence-corrected chi connectivity index (χ3v) is 3.26. The van der Waals surface area contributed by atoms with Crippen molar-refractivity contribution in [1.29, 1.82) is 0 Å². The topological polar surface area (TPSA) is 84.2 Å². The first-order valence-corrected chi connectivity index (χ1v) is 6.35. The van der Waals surface area contributed by atoms with Crippen LogP contribution in [0.1, 0.15) is 6.42 Å². The minimum absolute atomic E-state index is 0.387. The fourth-order valence-electron chi connectivity index (χ4n) is 1.24. The van der Waals surface area contributed by atoms with Gasteiger partial charge in [0.1, 0.15) is 6.04 Å². The Morgan fingerprint density at radius 3 is 3.06 bits per heavy atom. The molecule has 6 nitrogen and oxygen atoms in total. The molecule has 0 aliphatic rings. The number of carbonyl (C=O) groups is 2. The highest BCUT2D eigenvalue weighted by molar-refractivity contribution is 7.99. The highest BCUT2D eigenvalue weighted by Crippen LogP contribution is 2.06. The smallest absolute Gasteiger partial charge is 0.327 e. The van der Waals surface area contributed by atoms with Crippen molar-refractivity contribution in [2.24, 2.45) is 0 Å². The zero-order valence-corrected chi connectivity index (χ0v) is 10.1. The van der Waals surface area contributed by atoms with Crippen LogP contribution in [0.2, 0.25) is 0 Å². The molecule has 0 saturated heterocycles. The fraction of sp³-hybridized carbons (Fsp3) is 0.500. The van der Waals surface area contributed by atoms with Gasteiger partial charge in [-0.2, -0.15) is 11.8 Å². The van der Waals surface area contributed by atoms with Gasteiger partial charge in [-0.15, -0.1) is 0 Å². The second kappa shape index (κ2) is 7.72. The number of hydrogen-bond acceptors (Lipinski definition) is 4. The van der Waals surface area contributed by atoms with Crippen LogP contribution in [0.5, 0.6) is 0 Å². The van der Waals surface area contributed by atoms with Crippen LogP contribution < -0.4 is 5.32 Å². The van der Waals surface area contributed by atoms with E-state index in [0.29, 0.717) is 12.2 Å². The summed E-state index contributed by atoms with van der Waals surface area (Å²) in [5, 5.41) is 11.0. The average molecular weight is 257 g/mol. The zero-order valence-electron chi connectivity index (χ0n) is 9.28. The van der Waals surface area contributed by atoms with E-state index in [1.807, 2.05) is 10.8 Å². The second-order valence-electron chi connectivity index (χ2n) is 3.40. The molecule has 1 heterocycles. The number of nitrogens with zero attached hydrogens (tertiary/aromatic N) is 2. The third kappa shape index (κ3) is 5.39. The van der Waals surface area contributed by atoms with Crippen LogP contribution in [0.4, 0.5) is 0 Å². The maximum Gasteiger partial charge on any atom is 0.327 e. The number of aliphatic carboxylic acids is 1. The first-order chi connectivity index (χ1) is 8.24. The Labute approximate surface area is 103 Å². The van der Waals surface area contributed by atoms with Gasteiger partial charge in [0, 0.05) is 24.7 Å². The second-order valence-corrected chi connectivity index (χ2v) is 4.55. The monoisotopic (exact) mass is 257 g/mol. The summed E-state index contributed by atoms with van der Waals surface area (Å²) in [6.45, 7) is 0.867. The number of imidazole rings is 1. The predicted octanol–water partition coefficient (Wildman–Crippen LogP) is 0.206. The first kappa shape index (κ1) is 13.6. The van der Waals surface area contributed by atoms with E-state index in [9.17, 15) is 9.59 Å². The lowest BCUT2D eigenvalue weighted by Crippen LogP contribution is -2.37. The molecule has 0 radical (unpaired) electrons. The number of rotatable bonds is 9. The number of carbonyl (C=O) groups excluding carboxylic acids is 1. The molecule has 1 unspecified atom stereocenters. The summed E-state index contributed by atoms with van der Waals surface area (Å²) >= 11 is 1.52. The Morgan fingerprint density at radius 1 is 1.65 bits per heavy atom. The summed E-state index contributed by atoms with van der Waals surface area (Å²) in [6, 6.07) is -0.800. The standard InChI is InChI=1S/C10H15N3O3S/c14-8-12-9(10(15)16)6-17-5-1-3-13-4-2-11-7-13/h2,4,7-9H,1,3,5-6H2,(H,12,14)(H,15,16). The minimum atomic E-state index is -1.00. The van der Waals surface area contributed by atoms with E-state index in [2.05, 4.69) is 10.3 Å². The first-order valence-electron chi connectivity index (χ1n) is 5.20. The average Bonchev–Trinajstić information content (AvgIpc) is 2.80. The van der Waals surface area contributed by atoms with Gasteiger partial charge in [0.2, 0.25) is 6.41 Å². The summed E-state index contributed by atoms with van der Waals surface area (Å²) in [4.78, 5) is 24.8. The van der Waals surface area contributed by atoms with E-state index in [1.54, 1.807) is 12.5 Å². The molecule has 0 saturated carbocycles. The highest BCUT2D eigenvalue weighted by Gasteiger charge is 2.15. The highest BCUT2D eigenvalue weighted by atomic mass is 32.2. The quantitative estimate of drug-likeness (QED) is 0.488. The maximum absolute atomic E-state index is 10.7. The van der Waals surface area contributed by atoms with Crippen LogP contribution in [-0.2, 0) is 16.1 Å². The Hall–Kier alpha value is -1.50. The molecular weight excluding hydrogens is 242 g/mol. The lowest BCUT2D eigenvalue weighted by molar-refractivity contribution is -0.139. The van der Waals surface area contributed by atoms with Crippen LogP contribution in [0, 0.1) is 0 Å². The van der Waals surface area contributed by atoms with Crippen molar-refractivity contribution in [1.82, 2.24) is 14.9 Å². The summed E-state index contributed by atoms with van der Waals surface area (Å²) in [5.74, 6) is 0.236. The molecular formula is C10H15N3O3S. The maximum atomic E-state index is 10.7. The molecule has 1 aromatic heterocycles. The van der Waals surface area contributed by atoms with Crippen LogP contribution in [-0.4, -0.2) is 44.6 Å². The number of hydrogen-bond donors (Lipinski definition) is 2. The van der Waals surface area contributed by atoms with Gasteiger partial charge in [-0.1, -0.05) is 0 Å². The predicted molar refractivity (Wildman–Crippen MR) is 64.8 cm³/mol. The SMILES string of the molecule is O=CNC(CSCCCn1ccnc1)C(=O)O. The molecule has 7 heteroatoms. The molecule has 1 amide bonds. The molecule has 0 bridgehead atoms. The number of carboxylic acid groups (broad SMARTS) is 1. The summed E-state index contributed by atoms with van der Waals surface area (Å²) in [5.41, 5.74) is 0. The number of amides is 1. The van der Waals surface area contributed by atoms with E-state index in [-0.39, 0.29) is 0 Å². The van der Waals surface area contributed by atoms with Gasteiger partial charge in [-0.05, 0) is 12.2 Å². The molecule has 17 heavy (non-hydrogen) atoms. The fourth-order valence-corrected chi connectivity index (χ4v) is 2.22. The van der Waals surface area contributed by atoms with Crippen molar-refractivity contribution in [3.05, 3.63) is 18.7 Å². The minimum Gasteiger partial charge on any atom is -0.480 e. The molecule has 1 rings (SSSR count). The molecule has 0 spiro atoms. The van der Waals surface area contributed by atoms with Crippen LogP contribution in [0.3, 0.4) is 0 Å². The van der Waals surface area contributed by atoms with Gasteiger partial charge in [0.05, 0.1) is 6.33 Å². The lowest BCUT2D eigenvalue weighted by Gasteiger charge is -2.10. The molecule has 1 aromatic rings. The summed E-state index contributed by atoms with van der Waals surface area (Å²) in [6.07, 6.45) is 6.72. The third-order valence-electron chi connectivity index (χ3n) is 2.12. The Morgan fingerprint density at radius 2 is 2.47 bits per heavy atom. The number of nitrogens with one attached hydrogen (secondary N) is 1. The molecule has 0 fully saturated rings. The molecule has 0 aromatic carbocycles. The largest absolute Gasteiger partial charge is 0.480 e. The van der Waals surface area contributed by atoms with E-state index in [1.165, 1.54) is 11.8 Å². The van der Waals surface area contributed by atoms with Crippen molar-refractivity contribution in [3.8, 4) is 0 Å². The van der Waals surface area contributed by atoms with Crippen LogP contribution in [0.15, 0.2) is 18.7 Å². The van der Waals surface area contributed by atoms with Crippen LogP contribution >= 0.6 is 11.8 Å². The lowest BCUT2D eigenvalue weighted by atomic mass is 10.3. The Bertz CT molecular complexity index is 343. The summed E-state index contributed by atoms with van der Waals surface area (Å²) in [7, 11) is 0. The normalized spacial score (nSPS) is 12.0. The van der Waals surface area contributed by atoms with Crippen molar-refractivity contribution in [2.45, 2.75) is 19.0 Å². The van der Waals surface area contributed by atoms with E-state index in [0.717, 1.165) is 18.7 Å². The number of thioether (sulfide) groups is 1. The van der Waals surface area contributed by atoms with Gasteiger partial charge in [-0.25, -0.2) is 9.78 Å². The van der Waals surface area contributed by atoms with Crippen molar-refractivity contribution in [2.75, 3.05) is 11.5 Å². The number of aromatic nitrogens is 2. The number of aryl methyl sites for hydroxylation is 1. The number of carboxylic acids is 1. The van der Waals surface area contributed by atoms with Gasteiger partial charge < -0.3 is 15.0 Å². The zero-order chi connectivity index (χ0) is 12.5. The van der Waals surface area contributed by atoms with Gasteiger partial charge in [-0.3, -0.25) is 4.79 Å². The molecule has 1 atom stereocenters. The van der Waals surface area contributed by atoms with E-state index >= 15 is 0 Å². The van der Waals surface area contributed by atoms with E-state index in [4.69, 9.17) is 5.11 Å². The molecule has 0 aliphatic heterocycles. The van der Waals surface area contributed by atoms with Crippen molar-refractivity contribution >= 4 is 24.1 Å². The molecule has 94 valence electrons. The van der Waals surface area contributed by atoms with E-state index < -0.39 is 12.0 Å². The van der Waals surface area contributed by atoms with Crippen molar-refractivity contribution < 1.29 is 14.7 Å². The van der Waals surface area contributed by atoms with Crippen molar-refractivity contribution in [3.63, 3.8) is 0 Å². The molecule has 2 N–H and O–H groups in total. The Kier molecular flexibility index (Phi) is 6.16. The van der Waals surface area contributed by atoms with Crippen LogP contribution in [0.25, 0.3) is 0 Å². The Balaban J connectivity index is 2.10. The van der Waals surface area contributed by atoms with Gasteiger partial charge >= 0.3 is 5.97 Å². The molecule has 0 aliphatic carbocycles. The van der Waals surface area contributed by atoms with Gasteiger partial charge in [0.15, 0.2) is 0 Å². The van der Waals surface area contributed by atoms with Gasteiger partial charge in [0.25, 0.3) is 0 Å². The summed E-state index contributed by atoms with van der Waals surface area (Å²) < 4.78 is 1.97.